The van der Waals surface area contributed by atoms with Gasteiger partial charge in [-0.2, -0.15) is 0 Å². The summed E-state index contributed by atoms with van der Waals surface area (Å²) in [6, 6.07) is 19.4. The molecule has 0 unspecified atom stereocenters. The number of rotatable bonds is 4. The van der Waals surface area contributed by atoms with Crippen LogP contribution in [0.2, 0.25) is 0 Å². The fourth-order valence-corrected chi connectivity index (χ4v) is 3.29. The number of nitrogens with zero attached hydrogens (tertiary/aromatic N) is 1. The predicted octanol–water partition coefficient (Wildman–Crippen LogP) is 4.63. The fraction of sp³-hybridized carbons (Fsp3) is 0.333. The molecule has 1 heteroatoms. The summed E-state index contributed by atoms with van der Waals surface area (Å²) in [7, 11) is 2.22. The Hall–Kier alpha value is -1.86. The summed E-state index contributed by atoms with van der Waals surface area (Å²) in [6.07, 6.45) is 3.84. The zero-order valence-electron chi connectivity index (χ0n) is 13.5. The van der Waals surface area contributed by atoms with Gasteiger partial charge in [0.05, 0.1) is 0 Å². The molecule has 0 aromatic heterocycles. The van der Waals surface area contributed by atoms with Crippen molar-refractivity contribution in [3.8, 4) is 0 Å². The van der Waals surface area contributed by atoms with Crippen LogP contribution in [0.5, 0.6) is 0 Å². The number of piperidine rings is 1. The lowest BCUT2D eigenvalue weighted by Gasteiger charge is -2.29. The molecule has 1 heterocycles. The van der Waals surface area contributed by atoms with E-state index in [0.29, 0.717) is 0 Å². The topological polar surface area (TPSA) is 3.24 Å². The van der Waals surface area contributed by atoms with Gasteiger partial charge >= 0.3 is 0 Å². The summed E-state index contributed by atoms with van der Waals surface area (Å²) < 4.78 is 0. The summed E-state index contributed by atoms with van der Waals surface area (Å²) in [5, 5.41) is 0. The average molecular weight is 291 g/mol. The van der Waals surface area contributed by atoms with Crippen molar-refractivity contribution in [1.29, 1.82) is 0 Å². The first-order valence-electron chi connectivity index (χ1n) is 8.24. The van der Waals surface area contributed by atoms with Crippen molar-refractivity contribution >= 4 is 5.57 Å². The highest BCUT2D eigenvalue weighted by molar-refractivity contribution is 5.78. The van der Waals surface area contributed by atoms with E-state index >= 15 is 0 Å². The highest BCUT2D eigenvalue weighted by Crippen LogP contribution is 2.25. The molecule has 2 aromatic carbocycles. The van der Waals surface area contributed by atoms with E-state index in [0.717, 1.165) is 11.5 Å². The second-order valence-electron chi connectivity index (χ2n) is 6.50. The molecular formula is C21H25N. The lowest BCUT2D eigenvalue weighted by Crippen LogP contribution is -2.30. The van der Waals surface area contributed by atoms with Crippen molar-refractivity contribution in [3.63, 3.8) is 0 Å². The SMILES string of the molecule is C=C(c1ccccc1)c1cccc(CC2CCN(C)CC2)c1. The molecule has 0 atom stereocenters. The molecular weight excluding hydrogens is 266 g/mol. The predicted molar refractivity (Wildman–Crippen MR) is 94.9 cm³/mol. The van der Waals surface area contributed by atoms with E-state index < -0.39 is 0 Å². The lowest BCUT2D eigenvalue weighted by molar-refractivity contribution is 0.219. The van der Waals surface area contributed by atoms with E-state index in [1.807, 2.05) is 6.07 Å². The minimum Gasteiger partial charge on any atom is -0.306 e. The summed E-state index contributed by atoms with van der Waals surface area (Å²) in [5.41, 5.74) is 5.02. The first kappa shape index (κ1) is 15.1. The van der Waals surface area contributed by atoms with E-state index in [1.54, 1.807) is 0 Å². The first-order chi connectivity index (χ1) is 10.7. The molecule has 0 N–H and O–H groups in total. The molecule has 114 valence electrons. The minimum absolute atomic E-state index is 0.830. The van der Waals surface area contributed by atoms with Crippen molar-refractivity contribution in [2.45, 2.75) is 19.3 Å². The fourth-order valence-electron chi connectivity index (χ4n) is 3.29. The lowest BCUT2D eigenvalue weighted by atomic mass is 9.89. The molecule has 0 bridgehead atoms. The maximum Gasteiger partial charge on any atom is -0.00190 e. The number of benzene rings is 2. The maximum absolute atomic E-state index is 4.29. The molecule has 0 radical (unpaired) electrons. The Kier molecular flexibility index (Phi) is 4.74. The highest BCUT2D eigenvalue weighted by atomic mass is 15.1. The Morgan fingerprint density at radius 1 is 1.00 bits per heavy atom. The number of hydrogen-bond donors (Lipinski definition) is 0. The third-order valence-electron chi connectivity index (χ3n) is 4.76. The summed E-state index contributed by atoms with van der Waals surface area (Å²) in [4.78, 5) is 2.43. The Balaban J connectivity index is 1.71. The van der Waals surface area contributed by atoms with Crippen LogP contribution in [-0.2, 0) is 6.42 Å². The molecule has 1 saturated heterocycles. The van der Waals surface area contributed by atoms with Gasteiger partial charge in [-0.1, -0.05) is 61.2 Å². The van der Waals surface area contributed by atoms with Gasteiger partial charge in [0, 0.05) is 0 Å². The average Bonchev–Trinajstić information content (AvgIpc) is 2.57. The quantitative estimate of drug-likeness (QED) is 0.793. The van der Waals surface area contributed by atoms with Crippen molar-refractivity contribution in [2.75, 3.05) is 20.1 Å². The molecule has 22 heavy (non-hydrogen) atoms. The molecule has 2 aromatic rings. The van der Waals surface area contributed by atoms with E-state index in [-0.39, 0.29) is 0 Å². The zero-order chi connectivity index (χ0) is 15.4. The monoisotopic (exact) mass is 291 g/mol. The molecule has 1 fully saturated rings. The van der Waals surface area contributed by atoms with Crippen LogP contribution < -0.4 is 0 Å². The maximum atomic E-state index is 4.29. The van der Waals surface area contributed by atoms with Crippen LogP contribution in [0.3, 0.4) is 0 Å². The molecule has 0 aliphatic carbocycles. The van der Waals surface area contributed by atoms with Gasteiger partial charge in [0.15, 0.2) is 0 Å². The van der Waals surface area contributed by atoms with Crippen LogP contribution in [0.15, 0.2) is 61.2 Å². The summed E-state index contributed by atoms with van der Waals surface area (Å²) >= 11 is 0. The standard InChI is InChI=1S/C21H25N/c1-17(20-8-4-3-5-9-20)21-10-6-7-19(16-21)15-18-11-13-22(2)14-12-18/h3-10,16,18H,1,11-15H2,2H3. The van der Waals surface area contributed by atoms with E-state index in [1.165, 1.54) is 49.0 Å². The van der Waals surface area contributed by atoms with Crippen LogP contribution in [0.25, 0.3) is 5.57 Å². The van der Waals surface area contributed by atoms with Gasteiger partial charge in [0.2, 0.25) is 0 Å². The largest absolute Gasteiger partial charge is 0.306 e. The van der Waals surface area contributed by atoms with Crippen LogP contribution in [0.4, 0.5) is 0 Å². The van der Waals surface area contributed by atoms with Crippen molar-refractivity contribution < 1.29 is 0 Å². The van der Waals surface area contributed by atoms with Gasteiger partial charge in [-0.3, -0.25) is 0 Å². The third kappa shape index (κ3) is 3.66. The normalized spacial score (nSPS) is 16.6. The van der Waals surface area contributed by atoms with Gasteiger partial charge in [0.25, 0.3) is 0 Å². The summed E-state index contributed by atoms with van der Waals surface area (Å²) in [5.74, 6) is 0.830. The molecule has 1 nitrogen and oxygen atoms in total. The highest BCUT2D eigenvalue weighted by Gasteiger charge is 2.17. The number of hydrogen-bond acceptors (Lipinski definition) is 1. The van der Waals surface area contributed by atoms with Crippen LogP contribution >= 0.6 is 0 Å². The van der Waals surface area contributed by atoms with Crippen molar-refractivity contribution in [1.82, 2.24) is 4.90 Å². The second-order valence-corrected chi connectivity index (χ2v) is 6.50. The minimum atomic E-state index is 0.830. The molecule has 3 rings (SSSR count). The smallest absolute Gasteiger partial charge is 0.00190 e. The molecule has 0 spiro atoms. The Morgan fingerprint density at radius 2 is 1.68 bits per heavy atom. The van der Waals surface area contributed by atoms with Crippen LogP contribution in [0.1, 0.15) is 29.5 Å². The van der Waals surface area contributed by atoms with E-state index in [2.05, 4.69) is 67.1 Å². The third-order valence-corrected chi connectivity index (χ3v) is 4.76. The molecule has 1 aliphatic rings. The van der Waals surface area contributed by atoms with Gasteiger partial charge in [0.1, 0.15) is 0 Å². The van der Waals surface area contributed by atoms with Crippen LogP contribution in [-0.4, -0.2) is 25.0 Å². The van der Waals surface area contributed by atoms with Crippen LogP contribution in [0, 0.1) is 5.92 Å². The molecule has 0 saturated carbocycles. The van der Waals surface area contributed by atoms with Gasteiger partial charge < -0.3 is 4.90 Å². The van der Waals surface area contributed by atoms with Gasteiger partial charge in [-0.25, -0.2) is 0 Å². The van der Waals surface area contributed by atoms with E-state index in [4.69, 9.17) is 0 Å². The Morgan fingerprint density at radius 3 is 2.41 bits per heavy atom. The first-order valence-corrected chi connectivity index (χ1v) is 8.24. The molecule has 0 amide bonds. The number of likely N-dealkylation sites (tertiary alicyclic amines) is 1. The van der Waals surface area contributed by atoms with Gasteiger partial charge in [-0.15, -0.1) is 0 Å². The Labute approximate surface area is 134 Å². The summed E-state index contributed by atoms with van der Waals surface area (Å²) in [6.45, 7) is 6.76. The second kappa shape index (κ2) is 6.93. The van der Waals surface area contributed by atoms with Crippen molar-refractivity contribution in [3.05, 3.63) is 77.9 Å². The van der Waals surface area contributed by atoms with Gasteiger partial charge in [-0.05, 0) is 67.6 Å². The van der Waals surface area contributed by atoms with E-state index in [9.17, 15) is 0 Å². The van der Waals surface area contributed by atoms with Crippen molar-refractivity contribution in [2.24, 2.45) is 5.92 Å². The zero-order valence-corrected chi connectivity index (χ0v) is 13.5. The Bertz CT molecular complexity index is 621. The molecule has 1 aliphatic heterocycles.